The van der Waals surface area contributed by atoms with Gasteiger partial charge in [-0.3, -0.25) is 0 Å². The van der Waals surface area contributed by atoms with Crippen molar-refractivity contribution in [3.63, 3.8) is 0 Å². The van der Waals surface area contributed by atoms with E-state index in [-0.39, 0.29) is 6.17 Å². The highest BCUT2D eigenvalue weighted by atomic mass is 16.6. The Hall–Kier alpha value is -0.770. The van der Waals surface area contributed by atoms with E-state index in [1.807, 2.05) is 0 Å². The number of oxime groups is 1. The Morgan fingerprint density at radius 1 is 1.88 bits per heavy atom. The van der Waals surface area contributed by atoms with Gasteiger partial charge in [-0.2, -0.15) is 0 Å². The van der Waals surface area contributed by atoms with E-state index in [4.69, 9.17) is 10.6 Å². The number of nitrogens with one attached hydrogen (secondary N) is 1. The lowest BCUT2D eigenvalue weighted by Crippen LogP contribution is -2.35. The van der Waals surface area contributed by atoms with Crippen LogP contribution < -0.4 is 11.1 Å². The van der Waals surface area contributed by atoms with Gasteiger partial charge in [0.05, 0.1) is 6.17 Å². The zero-order valence-electron chi connectivity index (χ0n) is 4.50. The molecule has 1 heterocycles. The van der Waals surface area contributed by atoms with E-state index in [9.17, 15) is 0 Å². The minimum absolute atomic E-state index is 0.00116. The summed E-state index contributed by atoms with van der Waals surface area (Å²) in [7, 11) is 0. The zero-order valence-corrected chi connectivity index (χ0v) is 4.50. The molecule has 0 fully saturated rings. The van der Waals surface area contributed by atoms with E-state index in [1.54, 1.807) is 0 Å². The SMILES string of the molecule is NC1CCON=CN1. The Kier molecular flexibility index (Phi) is 1.69. The van der Waals surface area contributed by atoms with Crippen LogP contribution in [0.3, 0.4) is 0 Å². The Balaban J connectivity index is 2.30. The van der Waals surface area contributed by atoms with E-state index in [0.29, 0.717) is 6.61 Å². The largest absolute Gasteiger partial charge is 0.394 e. The maximum Gasteiger partial charge on any atom is 0.129 e. The van der Waals surface area contributed by atoms with Crippen molar-refractivity contribution in [3.8, 4) is 0 Å². The molecule has 0 spiro atoms. The molecule has 0 bridgehead atoms. The minimum atomic E-state index is 0.00116. The monoisotopic (exact) mass is 115 g/mol. The van der Waals surface area contributed by atoms with Crippen molar-refractivity contribution in [1.29, 1.82) is 0 Å². The lowest BCUT2D eigenvalue weighted by Gasteiger charge is -2.03. The smallest absolute Gasteiger partial charge is 0.129 e. The molecule has 0 aromatic rings. The first kappa shape index (κ1) is 5.37. The molecule has 0 saturated heterocycles. The highest BCUT2D eigenvalue weighted by molar-refractivity contribution is 5.53. The lowest BCUT2D eigenvalue weighted by molar-refractivity contribution is 0.144. The topological polar surface area (TPSA) is 59.6 Å². The van der Waals surface area contributed by atoms with Gasteiger partial charge in [0.1, 0.15) is 12.9 Å². The second-order valence-corrected chi connectivity index (χ2v) is 1.63. The van der Waals surface area contributed by atoms with E-state index < -0.39 is 0 Å². The number of rotatable bonds is 0. The number of nitrogens with two attached hydrogens (primary N) is 1. The molecule has 1 aliphatic heterocycles. The van der Waals surface area contributed by atoms with Gasteiger partial charge in [-0.15, -0.1) is 0 Å². The third-order valence-electron chi connectivity index (χ3n) is 0.936. The zero-order chi connectivity index (χ0) is 5.82. The van der Waals surface area contributed by atoms with Crippen LogP contribution >= 0.6 is 0 Å². The van der Waals surface area contributed by atoms with Gasteiger partial charge < -0.3 is 15.9 Å². The average Bonchev–Trinajstić information content (AvgIpc) is 1.94. The van der Waals surface area contributed by atoms with Gasteiger partial charge in [0.15, 0.2) is 0 Å². The number of hydrogen-bond donors (Lipinski definition) is 2. The van der Waals surface area contributed by atoms with Crippen LogP contribution in [0.15, 0.2) is 5.16 Å². The molecule has 46 valence electrons. The van der Waals surface area contributed by atoms with E-state index in [1.165, 1.54) is 6.34 Å². The molecule has 3 N–H and O–H groups in total. The van der Waals surface area contributed by atoms with Crippen molar-refractivity contribution in [3.05, 3.63) is 0 Å². The summed E-state index contributed by atoms with van der Waals surface area (Å²) < 4.78 is 0. The molecule has 8 heavy (non-hydrogen) atoms. The van der Waals surface area contributed by atoms with Gasteiger partial charge in [-0.05, 0) is 0 Å². The summed E-state index contributed by atoms with van der Waals surface area (Å²) in [6, 6.07) is 0. The lowest BCUT2D eigenvalue weighted by atomic mass is 10.4. The first-order chi connectivity index (χ1) is 3.89. The molecule has 1 atom stereocenters. The third kappa shape index (κ3) is 1.38. The molecule has 0 amide bonds. The molecular weight excluding hydrogens is 106 g/mol. The summed E-state index contributed by atoms with van der Waals surface area (Å²) in [5, 5.41) is 6.31. The molecule has 4 heteroatoms. The van der Waals surface area contributed by atoms with Gasteiger partial charge in [0.2, 0.25) is 0 Å². The van der Waals surface area contributed by atoms with Crippen molar-refractivity contribution in [2.45, 2.75) is 12.6 Å². The molecule has 0 radical (unpaired) electrons. The van der Waals surface area contributed by atoms with Crippen molar-refractivity contribution < 1.29 is 4.84 Å². The summed E-state index contributed by atoms with van der Waals surface area (Å²) in [4.78, 5) is 4.69. The third-order valence-corrected chi connectivity index (χ3v) is 0.936. The standard InChI is InChI=1S/C4H9N3O/c5-4-1-2-8-7-3-6-4/h3-4H,1-2,5H2,(H,6,7). The van der Waals surface area contributed by atoms with Crippen molar-refractivity contribution in [2.75, 3.05) is 6.61 Å². The molecule has 4 nitrogen and oxygen atoms in total. The molecule has 1 unspecified atom stereocenters. The normalized spacial score (nSPS) is 27.9. The minimum Gasteiger partial charge on any atom is -0.394 e. The van der Waals surface area contributed by atoms with Crippen LogP contribution in [0.5, 0.6) is 0 Å². The van der Waals surface area contributed by atoms with Crippen LogP contribution in [-0.2, 0) is 4.84 Å². The van der Waals surface area contributed by atoms with Crippen molar-refractivity contribution >= 4 is 6.34 Å². The Morgan fingerprint density at radius 3 is 3.62 bits per heavy atom. The van der Waals surface area contributed by atoms with E-state index >= 15 is 0 Å². The molecule has 1 aliphatic rings. The van der Waals surface area contributed by atoms with Crippen molar-refractivity contribution in [2.24, 2.45) is 10.9 Å². The molecular formula is C4H9N3O. The highest BCUT2D eigenvalue weighted by Crippen LogP contribution is 1.88. The van der Waals surface area contributed by atoms with Crippen LogP contribution in [0.1, 0.15) is 6.42 Å². The Bertz CT molecular complexity index is 93.3. The van der Waals surface area contributed by atoms with Crippen LogP contribution in [0, 0.1) is 0 Å². The van der Waals surface area contributed by atoms with Crippen LogP contribution in [0.25, 0.3) is 0 Å². The van der Waals surface area contributed by atoms with E-state index in [2.05, 4.69) is 10.5 Å². The second kappa shape index (κ2) is 2.52. The summed E-state index contributed by atoms with van der Waals surface area (Å²) in [5.74, 6) is 0. The van der Waals surface area contributed by atoms with Gasteiger partial charge in [0, 0.05) is 6.42 Å². The average molecular weight is 115 g/mol. The number of nitrogens with zero attached hydrogens (tertiary/aromatic N) is 1. The summed E-state index contributed by atoms with van der Waals surface area (Å²) in [6.45, 7) is 0.602. The number of hydrogen-bond acceptors (Lipinski definition) is 4. The van der Waals surface area contributed by atoms with Gasteiger partial charge >= 0.3 is 0 Å². The predicted octanol–water partition coefficient (Wildman–Crippen LogP) is -0.776. The predicted molar refractivity (Wildman–Crippen MR) is 30.2 cm³/mol. The van der Waals surface area contributed by atoms with Crippen LogP contribution in [0.4, 0.5) is 0 Å². The van der Waals surface area contributed by atoms with Crippen LogP contribution in [-0.4, -0.2) is 19.1 Å². The Labute approximate surface area is 47.7 Å². The molecule has 0 aromatic carbocycles. The summed E-state index contributed by atoms with van der Waals surface area (Å²) >= 11 is 0. The second-order valence-electron chi connectivity index (χ2n) is 1.63. The Morgan fingerprint density at radius 2 is 2.75 bits per heavy atom. The quantitative estimate of drug-likeness (QED) is 0.435. The summed E-state index contributed by atoms with van der Waals surface area (Å²) in [6.07, 6.45) is 2.28. The van der Waals surface area contributed by atoms with Crippen LogP contribution in [0.2, 0.25) is 0 Å². The fraction of sp³-hybridized carbons (Fsp3) is 0.750. The fourth-order valence-electron chi connectivity index (χ4n) is 0.479. The van der Waals surface area contributed by atoms with Crippen molar-refractivity contribution in [1.82, 2.24) is 5.32 Å². The molecule has 0 saturated carbocycles. The maximum atomic E-state index is 5.45. The highest BCUT2D eigenvalue weighted by Gasteiger charge is 2.00. The first-order valence-electron chi connectivity index (χ1n) is 2.55. The fourth-order valence-corrected chi connectivity index (χ4v) is 0.479. The van der Waals surface area contributed by atoms with Gasteiger partial charge in [0.25, 0.3) is 0 Å². The van der Waals surface area contributed by atoms with Gasteiger partial charge in [-0.25, -0.2) is 0 Å². The molecule has 0 aromatic heterocycles. The first-order valence-corrected chi connectivity index (χ1v) is 2.55. The maximum absolute atomic E-state index is 5.45. The van der Waals surface area contributed by atoms with Gasteiger partial charge in [-0.1, -0.05) is 5.16 Å². The molecule has 1 rings (SSSR count). The summed E-state index contributed by atoms with van der Waals surface area (Å²) in [5.41, 5.74) is 5.45. The molecule has 0 aliphatic carbocycles. The van der Waals surface area contributed by atoms with E-state index in [0.717, 1.165) is 6.42 Å².